The molecule has 0 aliphatic heterocycles. The van der Waals surface area contributed by atoms with Crippen molar-refractivity contribution in [3.63, 3.8) is 0 Å². The van der Waals surface area contributed by atoms with Crippen LogP contribution in [-0.2, 0) is 6.54 Å². The summed E-state index contributed by atoms with van der Waals surface area (Å²) in [5, 5.41) is 2.78. The van der Waals surface area contributed by atoms with E-state index in [0.29, 0.717) is 27.6 Å². The third-order valence-corrected chi connectivity index (χ3v) is 4.43. The van der Waals surface area contributed by atoms with Gasteiger partial charge in [0.15, 0.2) is 0 Å². The number of hydrogen-bond donors (Lipinski definition) is 1. The molecule has 0 bridgehead atoms. The molecule has 0 aliphatic carbocycles. The monoisotopic (exact) mass is 330 g/mol. The van der Waals surface area contributed by atoms with Gasteiger partial charge in [-0.1, -0.05) is 6.07 Å². The Labute approximate surface area is 136 Å². The Morgan fingerprint density at radius 2 is 2.17 bits per heavy atom. The van der Waals surface area contributed by atoms with E-state index in [0.717, 1.165) is 0 Å². The van der Waals surface area contributed by atoms with Gasteiger partial charge in [-0.2, -0.15) is 0 Å². The summed E-state index contributed by atoms with van der Waals surface area (Å²) in [7, 11) is 0. The van der Waals surface area contributed by atoms with Crippen LogP contribution < -0.4 is 5.32 Å². The number of hydrogen-bond acceptors (Lipinski definition) is 4. The maximum Gasteiger partial charge on any atom is 0.263 e. The predicted octanol–water partition coefficient (Wildman–Crippen LogP) is 3.01. The summed E-state index contributed by atoms with van der Waals surface area (Å²) in [6.45, 7) is 3.86. The molecule has 1 amide bonds. The molecular weight excluding hydrogens is 315 g/mol. The van der Waals surface area contributed by atoms with E-state index in [-0.39, 0.29) is 18.3 Å². The second-order valence-electron chi connectivity index (χ2n) is 5.08. The number of carbonyl (C=O) groups is 1. The molecule has 23 heavy (non-hydrogen) atoms. The zero-order valence-electron chi connectivity index (χ0n) is 12.7. The lowest BCUT2D eigenvalue weighted by molar-refractivity contribution is 0.0954. The van der Waals surface area contributed by atoms with Crippen molar-refractivity contribution in [3.05, 3.63) is 63.9 Å². The number of aromatic nitrogens is 3. The number of rotatable bonds is 4. The van der Waals surface area contributed by atoms with Crippen molar-refractivity contribution < 1.29 is 9.18 Å². The van der Waals surface area contributed by atoms with Gasteiger partial charge in [-0.15, -0.1) is 11.3 Å². The van der Waals surface area contributed by atoms with Crippen LogP contribution in [-0.4, -0.2) is 20.4 Å². The molecule has 0 fully saturated rings. The highest BCUT2D eigenvalue weighted by molar-refractivity contribution is 7.11. The van der Waals surface area contributed by atoms with Crippen molar-refractivity contribution >= 4 is 17.2 Å². The van der Waals surface area contributed by atoms with Gasteiger partial charge in [0, 0.05) is 18.9 Å². The zero-order valence-corrected chi connectivity index (χ0v) is 13.5. The van der Waals surface area contributed by atoms with Crippen LogP contribution in [0.3, 0.4) is 0 Å². The molecule has 2 aromatic heterocycles. The van der Waals surface area contributed by atoms with Crippen LogP contribution in [0.15, 0.2) is 36.1 Å². The maximum absolute atomic E-state index is 14.3. The number of imidazole rings is 1. The van der Waals surface area contributed by atoms with Gasteiger partial charge in [0.2, 0.25) is 0 Å². The molecule has 3 aromatic rings. The molecule has 1 aromatic carbocycles. The van der Waals surface area contributed by atoms with Gasteiger partial charge in [-0.25, -0.2) is 14.4 Å². The largest absolute Gasteiger partial charge is 0.347 e. The van der Waals surface area contributed by atoms with Crippen LogP contribution in [0, 0.1) is 19.7 Å². The average molecular weight is 330 g/mol. The van der Waals surface area contributed by atoms with Crippen molar-refractivity contribution in [2.45, 2.75) is 20.4 Å². The molecule has 1 N–H and O–H groups in total. The minimum Gasteiger partial charge on any atom is -0.347 e. The van der Waals surface area contributed by atoms with E-state index in [2.05, 4.69) is 15.3 Å². The number of amides is 1. The fourth-order valence-corrected chi connectivity index (χ4v) is 2.99. The van der Waals surface area contributed by atoms with E-state index in [1.807, 2.05) is 6.92 Å². The Bertz CT molecular complexity index is 855. The predicted molar refractivity (Wildman–Crippen MR) is 86.3 cm³/mol. The third kappa shape index (κ3) is 3.14. The van der Waals surface area contributed by atoms with Crippen molar-refractivity contribution in [1.29, 1.82) is 0 Å². The fourth-order valence-electron chi connectivity index (χ4n) is 2.27. The van der Waals surface area contributed by atoms with Crippen molar-refractivity contribution in [2.24, 2.45) is 0 Å². The third-order valence-electron chi connectivity index (χ3n) is 3.50. The van der Waals surface area contributed by atoms with E-state index >= 15 is 0 Å². The number of halogens is 1. The minimum atomic E-state index is -0.355. The second kappa shape index (κ2) is 6.29. The maximum atomic E-state index is 14.3. The normalized spacial score (nSPS) is 10.7. The van der Waals surface area contributed by atoms with Gasteiger partial charge in [-0.3, -0.25) is 4.79 Å². The SMILES string of the molecule is Cc1ncsc1C(=O)NCc1ccc(-n2ccnc2C)c(F)c1. The molecule has 7 heteroatoms. The Hall–Kier alpha value is -2.54. The summed E-state index contributed by atoms with van der Waals surface area (Å²) in [4.78, 5) is 20.7. The Morgan fingerprint density at radius 1 is 1.35 bits per heavy atom. The van der Waals surface area contributed by atoms with Gasteiger partial charge in [-0.05, 0) is 31.5 Å². The lowest BCUT2D eigenvalue weighted by atomic mass is 10.2. The van der Waals surface area contributed by atoms with Gasteiger partial charge in [0.25, 0.3) is 5.91 Å². The average Bonchev–Trinajstić information content (AvgIpc) is 3.13. The molecule has 0 radical (unpaired) electrons. The van der Waals surface area contributed by atoms with Crippen LogP contribution in [0.4, 0.5) is 4.39 Å². The van der Waals surface area contributed by atoms with Crippen LogP contribution in [0.2, 0.25) is 0 Å². The van der Waals surface area contributed by atoms with E-state index in [9.17, 15) is 9.18 Å². The van der Waals surface area contributed by atoms with E-state index in [1.54, 1.807) is 41.5 Å². The molecule has 5 nitrogen and oxygen atoms in total. The van der Waals surface area contributed by atoms with Crippen molar-refractivity contribution in [3.8, 4) is 5.69 Å². The second-order valence-corrected chi connectivity index (χ2v) is 5.93. The summed E-state index contributed by atoms with van der Waals surface area (Å²) in [6, 6.07) is 4.90. The summed E-state index contributed by atoms with van der Waals surface area (Å²) in [5.41, 5.74) is 3.46. The lowest BCUT2D eigenvalue weighted by Crippen LogP contribution is -2.22. The lowest BCUT2D eigenvalue weighted by Gasteiger charge is -2.09. The van der Waals surface area contributed by atoms with Crippen molar-refractivity contribution in [1.82, 2.24) is 19.9 Å². The van der Waals surface area contributed by atoms with Gasteiger partial charge in [0.05, 0.1) is 16.9 Å². The smallest absolute Gasteiger partial charge is 0.263 e. The molecular formula is C16H15FN4OS. The first kappa shape index (κ1) is 15.4. The first-order valence-electron chi connectivity index (χ1n) is 7.03. The Morgan fingerprint density at radius 3 is 2.78 bits per heavy atom. The number of aryl methyl sites for hydroxylation is 2. The zero-order chi connectivity index (χ0) is 16.4. The van der Waals surface area contributed by atoms with E-state index < -0.39 is 0 Å². The molecule has 0 atom stereocenters. The Kier molecular flexibility index (Phi) is 4.20. The number of benzene rings is 1. The number of nitrogens with zero attached hydrogens (tertiary/aromatic N) is 3. The summed E-state index contributed by atoms with van der Waals surface area (Å²) >= 11 is 1.29. The van der Waals surface area contributed by atoms with Crippen LogP contribution in [0.5, 0.6) is 0 Å². The first-order valence-corrected chi connectivity index (χ1v) is 7.91. The number of nitrogens with one attached hydrogen (secondary N) is 1. The molecule has 2 heterocycles. The Balaban J connectivity index is 1.73. The summed E-state index contributed by atoms with van der Waals surface area (Å²) in [6.07, 6.45) is 3.34. The van der Waals surface area contributed by atoms with Gasteiger partial charge in [0.1, 0.15) is 16.5 Å². The highest BCUT2D eigenvalue weighted by atomic mass is 32.1. The highest BCUT2D eigenvalue weighted by Crippen LogP contribution is 2.17. The molecule has 0 saturated carbocycles. The topological polar surface area (TPSA) is 59.8 Å². The first-order chi connectivity index (χ1) is 11.1. The number of thiazole rings is 1. The standard InChI is InChI=1S/C16H15FN4OS/c1-10-15(23-9-20-10)16(22)19-8-12-3-4-14(13(17)7-12)21-6-5-18-11(21)2/h3-7,9H,8H2,1-2H3,(H,19,22). The van der Waals surface area contributed by atoms with E-state index in [4.69, 9.17) is 0 Å². The molecule has 0 saturated heterocycles. The van der Waals surface area contributed by atoms with Crippen LogP contribution in [0.25, 0.3) is 5.69 Å². The van der Waals surface area contributed by atoms with Crippen LogP contribution in [0.1, 0.15) is 26.8 Å². The number of carbonyl (C=O) groups excluding carboxylic acids is 1. The van der Waals surface area contributed by atoms with Crippen LogP contribution >= 0.6 is 11.3 Å². The molecule has 0 spiro atoms. The van der Waals surface area contributed by atoms with Gasteiger partial charge >= 0.3 is 0 Å². The molecule has 0 aliphatic rings. The fraction of sp³-hybridized carbons (Fsp3) is 0.188. The summed E-state index contributed by atoms with van der Waals surface area (Å²) in [5.74, 6) is 0.164. The minimum absolute atomic E-state index is 0.195. The molecule has 118 valence electrons. The summed E-state index contributed by atoms with van der Waals surface area (Å²) < 4.78 is 16.0. The molecule has 3 rings (SSSR count). The van der Waals surface area contributed by atoms with E-state index in [1.165, 1.54) is 17.4 Å². The quantitative estimate of drug-likeness (QED) is 0.800. The van der Waals surface area contributed by atoms with Gasteiger partial charge < -0.3 is 9.88 Å². The molecule has 0 unspecified atom stereocenters. The van der Waals surface area contributed by atoms with Crippen molar-refractivity contribution in [2.75, 3.05) is 0 Å². The highest BCUT2D eigenvalue weighted by Gasteiger charge is 2.12.